The molecule has 3 rings (SSSR count). The number of methoxy groups -OCH3 is 2. The number of hydrogen-bond donors (Lipinski definition) is 1. The molecular formula is C20H25N3O5. The van der Waals surface area contributed by atoms with Crippen molar-refractivity contribution >= 4 is 22.7 Å². The predicted molar refractivity (Wildman–Crippen MR) is 105 cm³/mol. The minimum atomic E-state index is -0.214. The van der Waals surface area contributed by atoms with E-state index >= 15 is 0 Å². The molecule has 2 aromatic rings. The van der Waals surface area contributed by atoms with Gasteiger partial charge in [0.25, 0.3) is 5.56 Å². The Hall–Kier alpha value is -3.03. The van der Waals surface area contributed by atoms with Crippen molar-refractivity contribution < 1.29 is 19.1 Å². The Morgan fingerprint density at radius 3 is 2.21 bits per heavy atom. The number of aryl methyl sites for hydroxylation is 1. The fourth-order valence-corrected chi connectivity index (χ4v) is 3.43. The van der Waals surface area contributed by atoms with E-state index in [2.05, 4.69) is 4.98 Å². The molecule has 0 radical (unpaired) electrons. The maximum absolute atomic E-state index is 12.5. The van der Waals surface area contributed by atoms with Crippen LogP contribution in [-0.4, -0.2) is 67.0 Å². The molecule has 0 atom stereocenters. The summed E-state index contributed by atoms with van der Waals surface area (Å²) in [4.78, 5) is 42.6. The number of aromatic amines is 1. The molecule has 0 aliphatic carbocycles. The molecule has 28 heavy (non-hydrogen) atoms. The maximum Gasteiger partial charge on any atom is 0.251 e. The average molecular weight is 387 g/mol. The van der Waals surface area contributed by atoms with Crippen LogP contribution in [0.4, 0.5) is 0 Å². The zero-order valence-corrected chi connectivity index (χ0v) is 16.4. The van der Waals surface area contributed by atoms with E-state index < -0.39 is 0 Å². The lowest BCUT2D eigenvalue weighted by Crippen LogP contribution is -2.50. The fourth-order valence-electron chi connectivity index (χ4n) is 3.43. The topological polar surface area (TPSA) is 91.9 Å². The van der Waals surface area contributed by atoms with Crippen molar-refractivity contribution in [2.24, 2.45) is 0 Å². The number of H-pyrrole nitrogens is 1. The van der Waals surface area contributed by atoms with Crippen LogP contribution < -0.4 is 15.0 Å². The summed E-state index contributed by atoms with van der Waals surface area (Å²) in [7, 11) is 3.10. The number of rotatable bonds is 5. The number of aromatic nitrogens is 1. The second kappa shape index (κ2) is 8.33. The lowest BCUT2D eigenvalue weighted by Gasteiger charge is -2.34. The molecule has 2 amide bonds. The van der Waals surface area contributed by atoms with Crippen LogP contribution in [0.3, 0.4) is 0 Å². The van der Waals surface area contributed by atoms with Gasteiger partial charge in [-0.25, -0.2) is 0 Å². The first-order valence-corrected chi connectivity index (χ1v) is 9.24. The van der Waals surface area contributed by atoms with E-state index in [0.717, 1.165) is 5.39 Å². The summed E-state index contributed by atoms with van der Waals surface area (Å²) >= 11 is 0. The molecule has 0 spiro atoms. The number of piperazine rings is 1. The molecule has 150 valence electrons. The fraction of sp³-hybridized carbons (Fsp3) is 0.450. The first-order chi connectivity index (χ1) is 13.4. The molecule has 1 aliphatic rings. The summed E-state index contributed by atoms with van der Waals surface area (Å²) in [5.74, 6) is 1.14. The zero-order chi connectivity index (χ0) is 20.3. The molecule has 0 unspecified atom stereocenters. The quantitative estimate of drug-likeness (QED) is 0.832. The van der Waals surface area contributed by atoms with Gasteiger partial charge in [0.05, 0.1) is 19.7 Å². The van der Waals surface area contributed by atoms with Crippen LogP contribution in [0.2, 0.25) is 0 Å². The summed E-state index contributed by atoms with van der Waals surface area (Å²) < 4.78 is 10.6. The zero-order valence-electron chi connectivity index (χ0n) is 16.4. The van der Waals surface area contributed by atoms with Gasteiger partial charge in [0.15, 0.2) is 11.5 Å². The first-order valence-electron chi connectivity index (χ1n) is 9.24. The van der Waals surface area contributed by atoms with Crippen LogP contribution in [0.1, 0.15) is 18.9 Å². The molecule has 1 fully saturated rings. The summed E-state index contributed by atoms with van der Waals surface area (Å²) in [6.07, 6.45) is 0.604. The van der Waals surface area contributed by atoms with E-state index in [1.807, 2.05) is 0 Å². The molecule has 8 nitrogen and oxygen atoms in total. The molecule has 1 aliphatic heterocycles. The van der Waals surface area contributed by atoms with E-state index in [9.17, 15) is 14.4 Å². The van der Waals surface area contributed by atoms with E-state index in [-0.39, 0.29) is 23.8 Å². The van der Waals surface area contributed by atoms with Crippen LogP contribution in [0, 0.1) is 0 Å². The highest BCUT2D eigenvalue weighted by Gasteiger charge is 2.22. The number of nitrogens with zero attached hydrogens (tertiary/aromatic N) is 2. The van der Waals surface area contributed by atoms with Gasteiger partial charge in [-0.05, 0) is 18.6 Å². The highest BCUT2D eigenvalue weighted by Crippen LogP contribution is 2.31. The Balaban J connectivity index is 1.70. The van der Waals surface area contributed by atoms with Crippen LogP contribution in [-0.2, 0) is 16.0 Å². The number of ether oxygens (including phenoxy) is 2. The molecule has 8 heteroatoms. The van der Waals surface area contributed by atoms with Gasteiger partial charge >= 0.3 is 0 Å². The number of hydrogen-bond acceptors (Lipinski definition) is 5. The van der Waals surface area contributed by atoms with Gasteiger partial charge in [0, 0.05) is 56.5 Å². The van der Waals surface area contributed by atoms with Crippen molar-refractivity contribution in [3.63, 3.8) is 0 Å². The number of pyridine rings is 1. The van der Waals surface area contributed by atoms with E-state index in [4.69, 9.17) is 9.47 Å². The smallest absolute Gasteiger partial charge is 0.251 e. The van der Waals surface area contributed by atoms with Crippen molar-refractivity contribution in [2.75, 3.05) is 40.4 Å². The number of carbonyl (C=O) groups excluding carboxylic acids is 2. The largest absolute Gasteiger partial charge is 0.493 e. The number of carbonyl (C=O) groups is 2. The van der Waals surface area contributed by atoms with Gasteiger partial charge in [-0.2, -0.15) is 0 Å². The van der Waals surface area contributed by atoms with Crippen molar-refractivity contribution in [3.8, 4) is 11.5 Å². The van der Waals surface area contributed by atoms with Crippen LogP contribution in [0.5, 0.6) is 11.5 Å². The molecular weight excluding hydrogens is 362 g/mol. The Morgan fingerprint density at radius 1 is 1.00 bits per heavy atom. The Morgan fingerprint density at radius 2 is 1.61 bits per heavy atom. The van der Waals surface area contributed by atoms with Crippen molar-refractivity contribution in [1.29, 1.82) is 0 Å². The number of nitrogens with one attached hydrogen (secondary N) is 1. The molecule has 1 N–H and O–H groups in total. The standard InChI is InChI=1S/C20H25N3O5/c1-13(24)22-6-8-23(9-7-22)19(25)5-4-14-10-15-11-17(27-2)18(28-3)12-16(15)21-20(14)26/h10-12H,4-9H2,1-3H3,(H,21,26). The number of fused-ring (bicyclic) bond motifs is 1. The molecule has 0 bridgehead atoms. The lowest BCUT2D eigenvalue weighted by molar-refractivity contribution is -0.138. The molecule has 0 saturated carbocycles. The number of benzene rings is 1. The Labute approximate surface area is 163 Å². The minimum Gasteiger partial charge on any atom is -0.493 e. The van der Waals surface area contributed by atoms with Gasteiger partial charge in [-0.3, -0.25) is 14.4 Å². The van der Waals surface area contributed by atoms with Gasteiger partial charge in [0.2, 0.25) is 11.8 Å². The summed E-state index contributed by atoms with van der Waals surface area (Å²) in [5, 5.41) is 0.815. The van der Waals surface area contributed by atoms with Crippen molar-refractivity contribution in [1.82, 2.24) is 14.8 Å². The number of amides is 2. The van der Waals surface area contributed by atoms with Crippen LogP contribution in [0.15, 0.2) is 23.0 Å². The first kappa shape index (κ1) is 19.7. The third-order valence-corrected chi connectivity index (χ3v) is 5.11. The third-order valence-electron chi connectivity index (χ3n) is 5.11. The van der Waals surface area contributed by atoms with Crippen LogP contribution >= 0.6 is 0 Å². The highest BCUT2D eigenvalue weighted by molar-refractivity contribution is 5.83. The Bertz CT molecular complexity index is 945. The van der Waals surface area contributed by atoms with Gasteiger partial charge in [-0.1, -0.05) is 0 Å². The molecule has 1 saturated heterocycles. The molecule has 1 aromatic heterocycles. The average Bonchev–Trinajstić information content (AvgIpc) is 2.71. The second-order valence-electron chi connectivity index (χ2n) is 6.80. The van der Waals surface area contributed by atoms with E-state index in [1.54, 1.807) is 35.1 Å². The molecule has 1 aromatic carbocycles. The van der Waals surface area contributed by atoms with E-state index in [0.29, 0.717) is 55.2 Å². The third kappa shape index (κ3) is 4.11. The normalized spacial score (nSPS) is 14.2. The van der Waals surface area contributed by atoms with Crippen LogP contribution in [0.25, 0.3) is 10.9 Å². The van der Waals surface area contributed by atoms with Gasteiger partial charge in [0.1, 0.15) is 0 Å². The molecule has 2 heterocycles. The highest BCUT2D eigenvalue weighted by atomic mass is 16.5. The van der Waals surface area contributed by atoms with E-state index in [1.165, 1.54) is 14.0 Å². The SMILES string of the molecule is COc1cc2cc(CCC(=O)N3CCN(C(C)=O)CC3)c(=O)[nH]c2cc1OC. The predicted octanol–water partition coefficient (Wildman–Crippen LogP) is 1.17. The lowest BCUT2D eigenvalue weighted by atomic mass is 10.1. The Kier molecular flexibility index (Phi) is 5.87. The summed E-state index contributed by atoms with van der Waals surface area (Å²) in [6.45, 7) is 3.71. The van der Waals surface area contributed by atoms with Gasteiger partial charge in [-0.15, -0.1) is 0 Å². The van der Waals surface area contributed by atoms with Crippen molar-refractivity contribution in [2.45, 2.75) is 19.8 Å². The summed E-state index contributed by atoms with van der Waals surface area (Å²) in [5.41, 5.74) is 0.988. The van der Waals surface area contributed by atoms with Gasteiger partial charge < -0.3 is 24.3 Å². The second-order valence-corrected chi connectivity index (χ2v) is 6.80. The monoisotopic (exact) mass is 387 g/mol. The summed E-state index contributed by atoms with van der Waals surface area (Å²) in [6, 6.07) is 5.31. The maximum atomic E-state index is 12.5. The minimum absolute atomic E-state index is 0.00462. The van der Waals surface area contributed by atoms with Crippen molar-refractivity contribution in [3.05, 3.63) is 34.1 Å².